The second kappa shape index (κ2) is 5.38. The fourth-order valence-corrected chi connectivity index (χ4v) is 2.69. The number of hydrogen-bond acceptors (Lipinski definition) is 5. The van der Waals surface area contributed by atoms with Crippen molar-refractivity contribution in [3.05, 3.63) is 48.5 Å². The predicted octanol–water partition coefficient (Wildman–Crippen LogP) is 2.99. The number of anilines is 2. The Kier molecular flexibility index (Phi) is 3.19. The van der Waals surface area contributed by atoms with Crippen LogP contribution < -0.4 is 4.90 Å². The lowest BCUT2D eigenvalue weighted by atomic mass is 10.2. The van der Waals surface area contributed by atoms with E-state index < -0.39 is 5.97 Å². The number of carbonyl (C=O) groups is 1. The van der Waals surface area contributed by atoms with E-state index in [0.717, 1.165) is 27.8 Å². The van der Waals surface area contributed by atoms with Crippen LogP contribution in [0.5, 0.6) is 0 Å². The van der Waals surface area contributed by atoms with Crippen LogP contribution in [0.3, 0.4) is 0 Å². The standard InChI is InChI=1S/C17H15N5O2/c1-22(11-3-4-13-14(7-11)20-9-19-13)12-5-10-6-15(17(23)24-2)21-16(10)18-8-12/h3-9H,1-2H3,(H,18,21)(H,19,20). The second-order valence-corrected chi connectivity index (χ2v) is 5.47. The van der Waals surface area contributed by atoms with Gasteiger partial charge in [-0.25, -0.2) is 14.8 Å². The number of H-pyrrole nitrogens is 2. The highest BCUT2D eigenvalue weighted by atomic mass is 16.5. The van der Waals surface area contributed by atoms with Crippen molar-refractivity contribution < 1.29 is 9.53 Å². The van der Waals surface area contributed by atoms with Gasteiger partial charge in [0.2, 0.25) is 0 Å². The van der Waals surface area contributed by atoms with E-state index in [9.17, 15) is 4.79 Å². The molecule has 7 heteroatoms. The summed E-state index contributed by atoms with van der Waals surface area (Å²) in [6, 6.07) is 9.72. The smallest absolute Gasteiger partial charge is 0.354 e. The van der Waals surface area contributed by atoms with Crippen LogP contribution >= 0.6 is 0 Å². The summed E-state index contributed by atoms with van der Waals surface area (Å²) >= 11 is 0. The minimum atomic E-state index is -0.410. The molecule has 1 aromatic carbocycles. The van der Waals surface area contributed by atoms with Gasteiger partial charge in [0.1, 0.15) is 11.3 Å². The number of fused-ring (bicyclic) bond motifs is 2. The molecule has 0 spiro atoms. The predicted molar refractivity (Wildman–Crippen MR) is 91.6 cm³/mol. The summed E-state index contributed by atoms with van der Waals surface area (Å²) in [5.74, 6) is -0.410. The highest BCUT2D eigenvalue weighted by Gasteiger charge is 2.12. The van der Waals surface area contributed by atoms with Crippen molar-refractivity contribution in [2.75, 3.05) is 19.1 Å². The van der Waals surface area contributed by atoms with Gasteiger partial charge in [-0.2, -0.15) is 0 Å². The Labute approximate surface area is 137 Å². The lowest BCUT2D eigenvalue weighted by molar-refractivity contribution is 0.0595. The van der Waals surface area contributed by atoms with Crippen LogP contribution in [-0.4, -0.2) is 40.1 Å². The summed E-state index contributed by atoms with van der Waals surface area (Å²) < 4.78 is 4.73. The first-order valence-electron chi connectivity index (χ1n) is 7.39. The van der Waals surface area contributed by atoms with Crippen LogP contribution in [0, 0.1) is 0 Å². The average Bonchev–Trinajstić information content (AvgIpc) is 3.25. The number of pyridine rings is 1. The number of rotatable bonds is 3. The lowest BCUT2D eigenvalue weighted by Crippen LogP contribution is -2.09. The number of ether oxygens (including phenoxy) is 1. The van der Waals surface area contributed by atoms with E-state index in [4.69, 9.17) is 4.74 Å². The number of imidazole rings is 1. The summed E-state index contributed by atoms with van der Waals surface area (Å²) in [7, 11) is 3.32. The highest BCUT2D eigenvalue weighted by molar-refractivity contribution is 5.94. The monoisotopic (exact) mass is 321 g/mol. The fraction of sp³-hybridized carbons (Fsp3) is 0.118. The normalized spacial score (nSPS) is 11.1. The molecule has 0 radical (unpaired) electrons. The molecular weight excluding hydrogens is 306 g/mol. The first-order valence-corrected chi connectivity index (χ1v) is 7.39. The zero-order chi connectivity index (χ0) is 16.7. The van der Waals surface area contributed by atoms with Crippen LogP contribution in [0.25, 0.3) is 22.1 Å². The summed E-state index contributed by atoms with van der Waals surface area (Å²) in [4.78, 5) is 28.3. The summed E-state index contributed by atoms with van der Waals surface area (Å²) in [6.45, 7) is 0. The molecule has 0 amide bonds. The number of hydrogen-bond donors (Lipinski definition) is 2. The molecule has 120 valence electrons. The number of carbonyl (C=O) groups excluding carboxylic acids is 1. The summed E-state index contributed by atoms with van der Waals surface area (Å²) in [5.41, 5.74) is 4.86. The quantitative estimate of drug-likeness (QED) is 0.566. The minimum absolute atomic E-state index is 0.388. The molecule has 7 nitrogen and oxygen atoms in total. The maximum Gasteiger partial charge on any atom is 0.354 e. The van der Waals surface area contributed by atoms with Crippen LogP contribution in [0.1, 0.15) is 10.5 Å². The SMILES string of the molecule is COC(=O)c1cc2cc(N(C)c3ccc4nc[nH]c4c3)cnc2[nH]1. The Bertz CT molecular complexity index is 1050. The minimum Gasteiger partial charge on any atom is -0.464 e. The zero-order valence-electron chi connectivity index (χ0n) is 13.2. The number of nitrogens with one attached hydrogen (secondary N) is 2. The number of esters is 1. The molecule has 3 heterocycles. The molecule has 2 N–H and O–H groups in total. The molecule has 0 bridgehead atoms. The maximum absolute atomic E-state index is 11.6. The molecule has 0 unspecified atom stereocenters. The number of aromatic nitrogens is 4. The molecule has 0 aliphatic rings. The molecule has 0 aliphatic heterocycles. The van der Waals surface area contributed by atoms with Crippen LogP contribution in [0.15, 0.2) is 42.9 Å². The Morgan fingerprint density at radius 1 is 1.17 bits per heavy atom. The molecule has 0 saturated carbocycles. The van der Waals surface area contributed by atoms with Crippen molar-refractivity contribution in [1.82, 2.24) is 19.9 Å². The van der Waals surface area contributed by atoms with Gasteiger partial charge in [0.15, 0.2) is 0 Å². The van der Waals surface area contributed by atoms with Crippen molar-refractivity contribution in [3.8, 4) is 0 Å². The number of nitrogens with zero attached hydrogens (tertiary/aromatic N) is 3. The third-order valence-corrected chi connectivity index (χ3v) is 4.04. The van der Waals surface area contributed by atoms with Gasteiger partial charge in [-0.1, -0.05) is 0 Å². The number of aromatic amines is 2. The van der Waals surface area contributed by atoms with Crippen LogP contribution in [0.4, 0.5) is 11.4 Å². The largest absolute Gasteiger partial charge is 0.464 e. The lowest BCUT2D eigenvalue weighted by Gasteiger charge is -2.19. The third-order valence-electron chi connectivity index (χ3n) is 4.04. The van der Waals surface area contributed by atoms with Gasteiger partial charge >= 0.3 is 5.97 Å². The van der Waals surface area contributed by atoms with Gasteiger partial charge in [0.25, 0.3) is 0 Å². The highest BCUT2D eigenvalue weighted by Crippen LogP contribution is 2.28. The summed E-state index contributed by atoms with van der Waals surface area (Å²) in [5, 5.41) is 0.849. The van der Waals surface area contributed by atoms with E-state index in [2.05, 4.69) is 19.9 Å². The molecule has 4 aromatic rings. The number of methoxy groups -OCH3 is 1. The van der Waals surface area contributed by atoms with Crippen molar-refractivity contribution in [2.24, 2.45) is 0 Å². The van der Waals surface area contributed by atoms with Gasteiger partial charge in [-0.05, 0) is 30.3 Å². The molecule has 0 saturated heterocycles. The van der Waals surface area contributed by atoms with Crippen molar-refractivity contribution in [2.45, 2.75) is 0 Å². The van der Waals surface area contributed by atoms with Gasteiger partial charge in [0, 0.05) is 18.1 Å². The van der Waals surface area contributed by atoms with E-state index in [-0.39, 0.29) is 0 Å². The van der Waals surface area contributed by atoms with E-state index in [1.807, 2.05) is 36.2 Å². The zero-order valence-corrected chi connectivity index (χ0v) is 13.2. The van der Waals surface area contributed by atoms with E-state index in [1.54, 1.807) is 18.6 Å². The van der Waals surface area contributed by atoms with Gasteiger partial charge in [-0.15, -0.1) is 0 Å². The maximum atomic E-state index is 11.6. The van der Waals surface area contributed by atoms with E-state index >= 15 is 0 Å². The van der Waals surface area contributed by atoms with Crippen LogP contribution in [-0.2, 0) is 4.74 Å². The van der Waals surface area contributed by atoms with E-state index in [1.165, 1.54) is 7.11 Å². The Balaban J connectivity index is 1.73. The molecule has 24 heavy (non-hydrogen) atoms. The Hall–Kier alpha value is -3.35. The van der Waals surface area contributed by atoms with E-state index in [0.29, 0.717) is 11.3 Å². The molecule has 0 fully saturated rings. The molecule has 4 rings (SSSR count). The first-order chi connectivity index (χ1) is 11.7. The molecular formula is C17H15N5O2. The molecule has 3 aromatic heterocycles. The summed E-state index contributed by atoms with van der Waals surface area (Å²) in [6.07, 6.45) is 3.44. The molecule has 0 atom stereocenters. The van der Waals surface area contributed by atoms with Crippen molar-refractivity contribution >= 4 is 39.4 Å². The topological polar surface area (TPSA) is 86.9 Å². The number of benzene rings is 1. The van der Waals surface area contributed by atoms with Gasteiger partial charge < -0.3 is 19.6 Å². The van der Waals surface area contributed by atoms with Crippen molar-refractivity contribution in [1.29, 1.82) is 0 Å². The Morgan fingerprint density at radius 2 is 2.04 bits per heavy atom. The Morgan fingerprint density at radius 3 is 2.88 bits per heavy atom. The fourth-order valence-electron chi connectivity index (χ4n) is 2.69. The molecule has 0 aliphatic carbocycles. The van der Waals surface area contributed by atoms with Gasteiger partial charge in [0.05, 0.1) is 36.4 Å². The average molecular weight is 321 g/mol. The van der Waals surface area contributed by atoms with Crippen LogP contribution in [0.2, 0.25) is 0 Å². The van der Waals surface area contributed by atoms with Gasteiger partial charge in [-0.3, -0.25) is 0 Å². The van der Waals surface area contributed by atoms with Crippen molar-refractivity contribution in [3.63, 3.8) is 0 Å². The first kappa shape index (κ1) is 14.3. The second-order valence-electron chi connectivity index (χ2n) is 5.47. The third kappa shape index (κ3) is 2.26.